The van der Waals surface area contributed by atoms with E-state index in [0.29, 0.717) is 11.4 Å². The molecule has 0 N–H and O–H groups in total. The van der Waals surface area contributed by atoms with Crippen LogP contribution < -0.4 is 4.74 Å². The molecule has 0 bridgehead atoms. The number of pyridine rings is 1. The summed E-state index contributed by atoms with van der Waals surface area (Å²) >= 11 is 5.86. The summed E-state index contributed by atoms with van der Waals surface area (Å²) in [6, 6.07) is 7.21. The monoisotopic (exact) mass is 327 g/mol. The number of nitrogens with zero attached hydrogens (tertiary/aromatic N) is 3. The van der Waals surface area contributed by atoms with Gasteiger partial charge in [-0.05, 0) is 30.3 Å². The summed E-state index contributed by atoms with van der Waals surface area (Å²) in [7, 11) is 0. The third kappa shape index (κ3) is 2.85. The van der Waals surface area contributed by atoms with Crippen molar-refractivity contribution < 1.29 is 17.9 Å². The van der Waals surface area contributed by atoms with Gasteiger partial charge in [0.1, 0.15) is 5.75 Å². The first-order chi connectivity index (χ1) is 10.5. The fourth-order valence-electron chi connectivity index (χ4n) is 2.11. The van der Waals surface area contributed by atoms with Crippen molar-refractivity contribution in [3.63, 3.8) is 0 Å². The standard InChI is InChI=1S/C14H9ClF3N3O/c15-7-12-11-8-19-6-5-13(11)21(20-12)9-1-3-10(4-2-9)22-14(16,17)18/h1-6,8H,7H2. The molecule has 0 saturated heterocycles. The van der Waals surface area contributed by atoms with E-state index in [1.54, 1.807) is 23.1 Å². The fourth-order valence-corrected chi connectivity index (χ4v) is 2.30. The molecule has 4 nitrogen and oxygen atoms in total. The third-order valence-electron chi connectivity index (χ3n) is 3.00. The minimum Gasteiger partial charge on any atom is -0.406 e. The van der Waals surface area contributed by atoms with E-state index < -0.39 is 6.36 Å². The number of fused-ring (bicyclic) bond motifs is 1. The van der Waals surface area contributed by atoms with Crippen LogP contribution in [-0.2, 0) is 5.88 Å². The molecule has 0 saturated carbocycles. The van der Waals surface area contributed by atoms with Crippen molar-refractivity contribution in [3.8, 4) is 11.4 Å². The highest BCUT2D eigenvalue weighted by molar-refractivity contribution is 6.17. The molecule has 114 valence electrons. The van der Waals surface area contributed by atoms with Crippen LogP contribution in [0.5, 0.6) is 5.75 Å². The van der Waals surface area contributed by atoms with Crippen LogP contribution in [0.15, 0.2) is 42.7 Å². The molecule has 0 amide bonds. The molecule has 2 aromatic heterocycles. The molecular formula is C14H9ClF3N3O. The molecule has 3 aromatic rings. The van der Waals surface area contributed by atoms with Gasteiger partial charge < -0.3 is 4.74 Å². The topological polar surface area (TPSA) is 39.9 Å². The van der Waals surface area contributed by atoms with Gasteiger partial charge in [0, 0.05) is 17.8 Å². The highest BCUT2D eigenvalue weighted by Gasteiger charge is 2.31. The van der Waals surface area contributed by atoms with Crippen LogP contribution in [0.1, 0.15) is 5.69 Å². The molecule has 1 aromatic carbocycles. The lowest BCUT2D eigenvalue weighted by molar-refractivity contribution is -0.274. The highest BCUT2D eigenvalue weighted by atomic mass is 35.5. The zero-order valence-electron chi connectivity index (χ0n) is 11.0. The van der Waals surface area contributed by atoms with Crippen molar-refractivity contribution in [1.29, 1.82) is 0 Å². The molecule has 2 heterocycles. The summed E-state index contributed by atoms with van der Waals surface area (Å²) in [5.74, 6) is -0.0725. The molecule has 0 aliphatic rings. The molecule has 0 aliphatic carbocycles. The van der Waals surface area contributed by atoms with Crippen LogP contribution in [0.2, 0.25) is 0 Å². The molecule has 3 rings (SSSR count). The number of benzene rings is 1. The van der Waals surface area contributed by atoms with Crippen LogP contribution in [0, 0.1) is 0 Å². The molecule has 22 heavy (non-hydrogen) atoms. The van der Waals surface area contributed by atoms with E-state index in [1.165, 1.54) is 24.3 Å². The molecule has 0 atom stereocenters. The SMILES string of the molecule is FC(F)(F)Oc1ccc(-n2nc(CCl)c3cnccc32)cc1. The molecule has 0 radical (unpaired) electrons. The van der Waals surface area contributed by atoms with Crippen LogP contribution in [0.25, 0.3) is 16.6 Å². The maximum absolute atomic E-state index is 12.2. The van der Waals surface area contributed by atoms with Gasteiger partial charge in [-0.1, -0.05) is 0 Å². The summed E-state index contributed by atoms with van der Waals surface area (Å²) in [5, 5.41) is 5.16. The summed E-state index contributed by atoms with van der Waals surface area (Å²) in [6.07, 6.45) is -1.45. The largest absolute Gasteiger partial charge is 0.573 e. The number of hydrogen-bond acceptors (Lipinski definition) is 3. The van der Waals surface area contributed by atoms with Crippen molar-refractivity contribution in [2.75, 3.05) is 0 Å². The summed E-state index contributed by atoms with van der Waals surface area (Å²) in [6.45, 7) is 0. The van der Waals surface area contributed by atoms with Crippen molar-refractivity contribution >= 4 is 22.5 Å². The molecule has 0 aliphatic heterocycles. The van der Waals surface area contributed by atoms with E-state index in [4.69, 9.17) is 11.6 Å². The molecule has 0 fully saturated rings. The van der Waals surface area contributed by atoms with Gasteiger partial charge in [-0.2, -0.15) is 5.10 Å². The minimum atomic E-state index is -4.71. The summed E-state index contributed by atoms with van der Waals surface area (Å²) in [4.78, 5) is 4.03. The fraction of sp³-hybridized carbons (Fsp3) is 0.143. The lowest BCUT2D eigenvalue weighted by atomic mass is 10.2. The number of rotatable bonds is 3. The van der Waals surface area contributed by atoms with E-state index in [-0.39, 0.29) is 11.6 Å². The second kappa shape index (κ2) is 5.49. The summed E-state index contributed by atoms with van der Waals surface area (Å²) in [5.41, 5.74) is 2.03. The Bertz CT molecular complexity index is 799. The van der Waals surface area contributed by atoms with Crippen molar-refractivity contribution in [2.45, 2.75) is 12.2 Å². The van der Waals surface area contributed by atoms with Gasteiger partial charge in [0.05, 0.1) is 22.8 Å². The van der Waals surface area contributed by atoms with Gasteiger partial charge >= 0.3 is 6.36 Å². The van der Waals surface area contributed by atoms with E-state index in [2.05, 4.69) is 14.8 Å². The van der Waals surface area contributed by atoms with E-state index in [0.717, 1.165) is 10.9 Å². The van der Waals surface area contributed by atoms with Gasteiger partial charge in [0.2, 0.25) is 0 Å². The number of hydrogen-bond donors (Lipinski definition) is 0. The number of alkyl halides is 4. The molecule has 0 unspecified atom stereocenters. The van der Waals surface area contributed by atoms with Gasteiger partial charge in [-0.15, -0.1) is 24.8 Å². The Labute approximate surface area is 128 Å². The van der Waals surface area contributed by atoms with Crippen molar-refractivity contribution in [1.82, 2.24) is 14.8 Å². The van der Waals surface area contributed by atoms with E-state index in [1.807, 2.05) is 0 Å². The predicted octanol–water partition coefficient (Wildman–Crippen LogP) is 4.06. The number of halogens is 4. The Hall–Kier alpha value is -2.28. The number of ether oxygens (including phenoxy) is 1. The predicted molar refractivity (Wildman–Crippen MR) is 75.1 cm³/mol. The Morgan fingerprint density at radius 2 is 1.86 bits per heavy atom. The van der Waals surface area contributed by atoms with Gasteiger partial charge in [0.15, 0.2) is 0 Å². The second-order valence-electron chi connectivity index (χ2n) is 4.43. The van der Waals surface area contributed by atoms with E-state index in [9.17, 15) is 13.2 Å². The van der Waals surface area contributed by atoms with Crippen molar-refractivity contribution in [3.05, 3.63) is 48.4 Å². The van der Waals surface area contributed by atoms with Gasteiger partial charge in [-0.3, -0.25) is 4.98 Å². The lowest BCUT2D eigenvalue weighted by Gasteiger charge is -2.09. The highest BCUT2D eigenvalue weighted by Crippen LogP contribution is 2.26. The average molecular weight is 328 g/mol. The maximum atomic E-state index is 12.2. The molecule has 8 heteroatoms. The average Bonchev–Trinajstić information content (AvgIpc) is 2.85. The van der Waals surface area contributed by atoms with Crippen LogP contribution >= 0.6 is 11.6 Å². The zero-order chi connectivity index (χ0) is 15.7. The van der Waals surface area contributed by atoms with Crippen molar-refractivity contribution in [2.24, 2.45) is 0 Å². The lowest BCUT2D eigenvalue weighted by Crippen LogP contribution is -2.17. The van der Waals surface area contributed by atoms with E-state index >= 15 is 0 Å². The van der Waals surface area contributed by atoms with Crippen LogP contribution in [0.4, 0.5) is 13.2 Å². The molecular weight excluding hydrogens is 319 g/mol. The smallest absolute Gasteiger partial charge is 0.406 e. The van der Waals surface area contributed by atoms with Gasteiger partial charge in [0.25, 0.3) is 0 Å². The Kier molecular flexibility index (Phi) is 3.66. The maximum Gasteiger partial charge on any atom is 0.573 e. The molecule has 0 spiro atoms. The van der Waals surface area contributed by atoms with Crippen LogP contribution in [-0.4, -0.2) is 21.1 Å². The Morgan fingerprint density at radius 3 is 2.50 bits per heavy atom. The zero-order valence-corrected chi connectivity index (χ0v) is 11.8. The van der Waals surface area contributed by atoms with Gasteiger partial charge in [-0.25, -0.2) is 4.68 Å². The quantitative estimate of drug-likeness (QED) is 0.681. The normalized spacial score (nSPS) is 11.8. The van der Waals surface area contributed by atoms with Crippen LogP contribution in [0.3, 0.4) is 0 Å². The summed E-state index contributed by atoms with van der Waals surface area (Å²) < 4.78 is 41.9. The minimum absolute atomic E-state index is 0.213. The number of aromatic nitrogens is 3. The Balaban J connectivity index is 2.01. The second-order valence-corrected chi connectivity index (χ2v) is 4.69. The first-order valence-electron chi connectivity index (χ1n) is 6.22. The third-order valence-corrected chi connectivity index (χ3v) is 3.25. The Morgan fingerprint density at radius 1 is 1.14 bits per heavy atom. The first kappa shape index (κ1) is 14.6. The first-order valence-corrected chi connectivity index (χ1v) is 6.75.